The van der Waals surface area contributed by atoms with Crippen molar-refractivity contribution >= 4 is 66.3 Å². The fraction of sp³-hybridized carbons (Fsp3) is 0.0233. The van der Waals surface area contributed by atoms with Gasteiger partial charge in [-0.25, -0.2) is 9.98 Å². The van der Waals surface area contributed by atoms with Crippen LogP contribution in [0.15, 0.2) is 170 Å². The van der Waals surface area contributed by atoms with E-state index in [4.69, 9.17) is 18.8 Å². The Morgan fingerprint density at radius 2 is 1.15 bits per heavy atom. The largest absolute Gasteiger partial charge is 0.455 e. The number of hydrogen-bond acceptors (Lipinski definition) is 5. The molecule has 0 radical (unpaired) electrons. The minimum Gasteiger partial charge on any atom is -0.455 e. The standard InChI is InChI=1S/C43H27N3O2/c1-2-12-27(13-3-1)41-44-42(29-24-23-26-11-4-5-14-28(26)25-29)46-43(45-41)35-20-10-22-37-38(35)34-19-9-18-33(40(34)48-37)32-17-8-16-31-30-15-6-7-21-36(30)47-39(31)32/h1-25,42H,(H,44,45,46). The van der Waals surface area contributed by atoms with Gasteiger partial charge in [-0.15, -0.1) is 0 Å². The molecule has 48 heavy (non-hydrogen) atoms. The number of hydrogen-bond donors (Lipinski definition) is 1. The molecule has 0 saturated heterocycles. The first kappa shape index (κ1) is 26.7. The van der Waals surface area contributed by atoms with E-state index in [-0.39, 0.29) is 6.17 Å². The molecule has 9 aromatic rings. The Balaban J connectivity index is 1.16. The average molecular weight is 618 g/mol. The summed E-state index contributed by atoms with van der Waals surface area (Å²) in [5.41, 5.74) is 8.31. The monoisotopic (exact) mass is 617 g/mol. The number of benzene rings is 7. The normalized spacial score (nSPS) is 14.9. The van der Waals surface area contributed by atoms with E-state index in [1.807, 2.05) is 48.5 Å². The van der Waals surface area contributed by atoms with Crippen molar-refractivity contribution in [2.45, 2.75) is 6.17 Å². The van der Waals surface area contributed by atoms with Crippen LogP contribution >= 0.6 is 0 Å². The molecule has 10 rings (SSSR count). The van der Waals surface area contributed by atoms with Crippen LogP contribution in [0.25, 0.3) is 65.8 Å². The summed E-state index contributed by atoms with van der Waals surface area (Å²) in [7, 11) is 0. The van der Waals surface area contributed by atoms with Gasteiger partial charge in [0, 0.05) is 43.8 Å². The maximum atomic E-state index is 6.71. The van der Waals surface area contributed by atoms with E-state index in [1.54, 1.807) is 0 Å². The molecule has 1 unspecified atom stereocenters. The second kappa shape index (κ2) is 10.5. The second-order valence-electron chi connectivity index (χ2n) is 12.2. The molecule has 226 valence electrons. The molecule has 0 fully saturated rings. The third-order valence-electron chi connectivity index (χ3n) is 9.34. The Bertz CT molecular complexity index is 2770. The SMILES string of the molecule is c1ccc(C2=NC(c3ccc4ccccc4c3)NC(c3cccc4oc5c(-c6cccc7c6oc6ccccc67)cccc5c34)=N2)cc1. The predicted octanol–water partition coefficient (Wildman–Crippen LogP) is 10.8. The Kier molecular flexibility index (Phi) is 5.87. The topological polar surface area (TPSA) is 63.0 Å². The van der Waals surface area contributed by atoms with Gasteiger partial charge >= 0.3 is 0 Å². The lowest BCUT2D eigenvalue weighted by atomic mass is 9.98. The van der Waals surface area contributed by atoms with Crippen molar-refractivity contribution in [2.24, 2.45) is 9.98 Å². The molecule has 7 aromatic carbocycles. The Hall–Kier alpha value is -6.46. The fourth-order valence-electron chi connectivity index (χ4n) is 7.07. The third kappa shape index (κ3) is 4.18. The highest BCUT2D eigenvalue weighted by atomic mass is 16.3. The summed E-state index contributed by atoms with van der Waals surface area (Å²) >= 11 is 0. The number of nitrogens with one attached hydrogen (secondary N) is 1. The maximum absolute atomic E-state index is 6.71. The van der Waals surface area contributed by atoms with Gasteiger partial charge in [-0.05, 0) is 34.5 Å². The lowest BCUT2D eigenvalue weighted by Gasteiger charge is -2.24. The van der Waals surface area contributed by atoms with Crippen molar-refractivity contribution in [1.82, 2.24) is 5.32 Å². The highest BCUT2D eigenvalue weighted by Crippen LogP contribution is 2.42. The minimum atomic E-state index is -0.327. The molecule has 0 bridgehead atoms. The highest BCUT2D eigenvalue weighted by Gasteiger charge is 2.25. The lowest BCUT2D eigenvalue weighted by molar-refractivity contribution is 0.664. The van der Waals surface area contributed by atoms with Gasteiger partial charge in [0.1, 0.15) is 34.3 Å². The fourth-order valence-corrected chi connectivity index (χ4v) is 7.07. The molecule has 1 aliphatic rings. The van der Waals surface area contributed by atoms with E-state index in [0.29, 0.717) is 5.84 Å². The Morgan fingerprint density at radius 3 is 2.02 bits per heavy atom. The van der Waals surface area contributed by atoms with E-state index in [0.717, 1.165) is 77.5 Å². The van der Waals surface area contributed by atoms with Crippen molar-refractivity contribution in [2.75, 3.05) is 0 Å². The van der Waals surface area contributed by atoms with Crippen molar-refractivity contribution < 1.29 is 8.83 Å². The van der Waals surface area contributed by atoms with Crippen LogP contribution < -0.4 is 5.32 Å². The summed E-state index contributed by atoms with van der Waals surface area (Å²) < 4.78 is 13.1. The zero-order valence-electron chi connectivity index (χ0n) is 25.7. The van der Waals surface area contributed by atoms with Gasteiger partial charge in [-0.1, -0.05) is 133 Å². The highest BCUT2D eigenvalue weighted by molar-refractivity contribution is 6.23. The summed E-state index contributed by atoms with van der Waals surface area (Å²) in [4.78, 5) is 10.3. The maximum Gasteiger partial charge on any atom is 0.159 e. The summed E-state index contributed by atoms with van der Waals surface area (Å²) in [6, 6.07) is 52.1. The van der Waals surface area contributed by atoms with E-state index in [9.17, 15) is 0 Å². The molecule has 3 heterocycles. The van der Waals surface area contributed by atoms with Gasteiger partial charge in [0.05, 0.1) is 0 Å². The number of nitrogens with zero attached hydrogens (tertiary/aromatic N) is 2. The first-order chi connectivity index (χ1) is 23.8. The molecule has 1 N–H and O–H groups in total. The zero-order valence-corrected chi connectivity index (χ0v) is 25.7. The van der Waals surface area contributed by atoms with Gasteiger partial charge in [-0.3, -0.25) is 0 Å². The lowest BCUT2D eigenvalue weighted by Crippen LogP contribution is -2.33. The summed E-state index contributed by atoms with van der Waals surface area (Å²) in [6.45, 7) is 0. The van der Waals surface area contributed by atoms with Gasteiger partial charge in [-0.2, -0.15) is 0 Å². The molecular weight excluding hydrogens is 590 g/mol. The van der Waals surface area contributed by atoms with Gasteiger partial charge in [0.25, 0.3) is 0 Å². The summed E-state index contributed by atoms with van der Waals surface area (Å²) in [5, 5.41) is 10.3. The Morgan fingerprint density at radius 1 is 0.500 bits per heavy atom. The minimum absolute atomic E-state index is 0.327. The second-order valence-corrected chi connectivity index (χ2v) is 12.2. The van der Waals surface area contributed by atoms with Crippen LogP contribution in [0.5, 0.6) is 0 Å². The number of furan rings is 2. The van der Waals surface area contributed by atoms with Crippen LogP contribution in [-0.4, -0.2) is 11.7 Å². The summed E-state index contributed by atoms with van der Waals surface area (Å²) in [5.74, 6) is 1.43. The smallest absolute Gasteiger partial charge is 0.159 e. The van der Waals surface area contributed by atoms with Gasteiger partial charge in [0.15, 0.2) is 5.84 Å². The van der Waals surface area contributed by atoms with Gasteiger partial charge in [0.2, 0.25) is 0 Å². The van der Waals surface area contributed by atoms with E-state index >= 15 is 0 Å². The van der Waals surface area contributed by atoms with Crippen molar-refractivity contribution in [1.29, 1.82) is 0 Å². The van der Waals surface area contributed by atoms with Crippen LogP contribution in [0, 0.1) is 0 Å². The van der Waals surface area contributed by atoms with Gasteiger partial charge < -0.3 is 14.2 Å². The molecule has 5 heteroatoms. The van der Waals surface area contributed by atoms with Crippen molar-refractivity contribution in [3.8, 4) is 11.1 Å². The molecule has 1 atom stereocenters. The van der Waals surface area contributed by atoms with Crippen LogP contribution in [0.3, 0.4) is 0 Å². The number of rotatable bonds is 4. The quantitative estimate of drug-likeness (QED) is 0.214. The first-order valence-electron chi connectivity index (χ1n) is 16.1. The van der Waals surface area contributed by atoms with Crippen molar-refractivity contribution in [3.05, 3.63) is 168 Å². The summed E-state index contributed by atoms with van der Waals surface area (Å²) in [6.07, 6.45) is -0.327. The molecule has 1 aliphatic heterocycles. The molecule has 0 aliphatic carbocycles. The van der Waals surface area contributed by atoms with Crippen LogP contribution in [0.2, 0.25) is 0 Å². The predicted molar refractivity (Wildman–Crippen MR) is 196 cm³/mol. The molecular formula is C43H27N3O2. The van der Waals surface area contributed by atoms with E-state index < -0.39 is 0 Å². The average Bonchev–Trinajstić information content (AvgIpc) is 3.74. The van der Waals surface area contributed by atoms with Crippen molar-refractivity contribution in [3.63, 3.8) is 0 Å². The van der Waals surface area contributed by atoms with Crippen LogP contribution in [0.4, 0.5) is 0 Å². The molecule has 0 saturated carbocycles. The number of aliphatic imine (C=N–C) groups is 2. The Labute approximate surface area is 275 Å². The molecule has 0 spiro atoms. The zero-order chi connectivity index (χ0) is 31.6. The molecule has 5 nitrogen and oxygen atoms in total. The number of para-hydroxylation sites is 3. The third-order valence-corrected chi connectivity index (χ3v) is 9.34. The number of amidine groups is 2. The van der Waals surface area contributed by atoms with Crippen LogP contribution in [-0.2, 0) is 0 Å². The number of fused-ring (bicyclic) bond motifs is 7. The van der Waals surface area contributed by atoms with E-state index in [2.05, 4.69) is 108 Å². The molecule has 0 amide bonds. The van der Waals surface area contributed by atoms with E-state index in [1.165, 1.54) is 10.8 Å². The molecule has 2 aromatic heterocycles. The first-order valence-corrected chi connectivity index (χ1v) is 16.1. The van der Waals surface area contributed by atoms with Crippen LogP contribution in [0.1, 0.15) is 22.9 Å².